The lowest BCUT2D eigenvalue weighted by atomic mass is 10.0. The predicted octanol–water partition coefficient (Wildman–Crippen LogP) is 2.54. The Kier molecular flexibility index (Phi) is 7.45. The highest BCUT2D eigenvalue weighted by Gasteiger charge is 2.21. The van der Waals surface area contributed by atoms with Crippen LogP contribution in [0, 0.1) is 0 Å². The van der Waals surface area contributed by atoms with Crippen LogP contribution in [0.15, 0.2) is 29.3 Å². The minimum absolute atomic E-state index is 0. The van der Waals surface area contributed by atoms with Crippen molar-refractivity contribution in [1.82, 2.24) is 10.2 Å². The number of guanidine groups is 1. The van der Waals surface area contributed by atoms with E-state index in [2.05, 4.69) is 60.5 Å². The number of nitrogens with zero attached hydrogens (tertiary/aromatic N) is 2. The highest BCUT2D eigenvalue weighted by atomic mass is 127. The van der Waals surface area contributed by atoms with Crippen molar-refractivity contribution in [2.24, 2.45) is 10.7 Å². The number of benzene rings is 1. The second kappa shape index (κ2) is 8.58. The number of rotatable bonds is 6. The average Bonchev–Trinajstić information content (AvgIpc) is 3.23. The summed E-state index contributed by atoms with van der Waals surface area (Å²) in [6.45, 7) is 2.86. The van der Waals surface area contributed by atoms with Gasteiger partial charge in [0.15, 0.2) is 5.96 Å². The summed E-state index contributed by atoms with van der Waals surface area (Å²) in [4.78, 5) is 6.68. The molecule has 1 unspecified atom stereocenters. The fraction of sp³-hybridized carbons (Fsp3) is 0.562. The summed E-state index contributed by atoms with van der Waals surface area (Å²) >= 11 is 0. The largest absolute Gasteiger partial charge is 0.370 e. The normalized spacial score (nSPS) is 16.5. The van der Waals surface area contributed by atoms with Gasteiger partial charge in [-0.05, 0) is 44.5 Å². The summed E-state index contributed by atoms with van der Waals surface area (Å²) in [5, 5.41) is 3.23. The van der Waals surface area contributed by atoms with Crippen LogP contribution >= 0.6 is 24.0 Å². The topological polar surface area (TPSA) is 53.6 Å². The fourth-order valence-corrected chi connectivity index (χ4v) is 2.21. The van der Waals surface area contributed by atoms with Gasteiger partial charge >= 0.3 is 0 Å². The lowest BCUT2D eigenvalue weighted by molar-refractivity contribution is 0.306. The molecule has 118 valence electrons. The van der Waals surface area contributed by atoms with Crippen LogP contribution in [0.4, 0.5) is 0 Å². The minimum atomic E-state index is 0. The van der Waals surface area contributed by atoms with Gasteiger partial charge in [-0.2, -0.15) is 0 Å². The van der Waals surface area contributed by atoms with Gasteiger partial charge in [0.1, 0.15) is 0 Å². The first kappa shape index (κ1) is 18.2. The van der Waals surface area contributed by atoms with E-state index in [1.54, 1.807) is 0 Å². The van der Waals surface area contributed by atoms with E-state index in [1.165, 1.54) is 24.0 Å². The zero-order valence-corrected chi connectivity index (χ0v) is 15.5. The molecule has 0 heterocycles. The molecule has 1 fully saturated rings. The van der Waals surface area contributed by atoms with Crippen molar-refractivity contribution in [3.8, 4) is 0 Å². The number of hydrogen-bond donors (Lipinski definition) is 2. The lowest BCUT2D eigenvalue weighted by Crippen LogP contribution is -2.34. The molecule has 4 nitrogen and oxygen atoms in total. The second-order valence-corrected chi connectivity index (χ2v) is 5.72. The Labute approximate surface area is 145 Å². The van der Waals surface area contributed by atoms with Crippen LogP contribution < -0.4 is 11.1 Å². The molecule has 0 amide bonds. The summed E-state index contributed by atoms with van der Waals surface area (Å²) in [5.41, 5.74) is 8.56. The number of hydrogen-bond acceptors (Lipinski definition) is 2. The van der Waals surface area contributed by atoms with Crippen molar-refractivity contribution < 1.29 is 0 Å². The summed E-state index contributed by atoms with van der Waals surface area (Å²) in [6.07, 6.45) is 3.50. The third kappa shape index (κ3) is 5.82. The maximum absolute atomic E-state index is 5.91. The highest BCUT2D eigenvalue weighted by molar-refractivity contribution is 14.0. The van der Waals surface area contributed by atoms with Crippen molar-refractivity contribution in [2.75, 3.05) is 20.6 Å². The molecule has 1 aliphatic rings. The van der Waals surface area contributed by atoms with Gasteiger partial charge in [-0.25, -0.2) is 0 Å². The molecule has 0 saturated heterocycles. The van der Waals surface area contributed by atoms with E-state index < -0.39 is 0 Å². The number of aryl methyl sites for hydroxylation is 1. The Morgan fingerprint density at radius 2 is 1.95 bits per heavy atom. The summed E-state index contributed by atoms with van der Waals surface area (Å²) in [6, 6.07) is 9.61. The molecule has 0 aliphatic heterocycles. The molecule has 1 saturated carbocycles. The summed E-state index contributed by atoms with van der Waals surface area (Å²) < 4.78 is 0. The van der Waals surface area contributed by atoms with Crippen molar-refractivity contribution in [1.29, 1.82) is 0 Å². The van der Waals surface area contributed by atoms with Gasteiger partial charge < -0.3 is 16.0 Å². The minimum Gasteiger partial charge on any atom is -0.370 e. The smallest absolute Gasteiger partial charge is 0.188 e. The number of nitrogens with two attached hydrogens (primary N) is 1. The Hall–Kier alpha value is -0.820. The van der Waals surface area contributed by atoms with Crippen LogP contribution in [-0.4, -0.2) is 37.5 Å². The zero-order chi connectivity index (χ0) is 14.5. The summed E-state index contributed by atoms with van der Waals surface area (Å²) in [7, 11) is 4.16. The first-order valence-electron chi connectivity index (χ1n) is 7.42. The molecule has 21 heavy (non-hydrogen) atoms. The monoisotopic (exact) mass is 402 g/mol. The molecule has 3 N–H and O–H groups in total. The predicted molar refractivity (Wildman–Crippen MR) is 100 cm³/mol. The molecule has 5 heteroatoms. The summed E-state index contributed by atoms with van der Waals surface area (Å²) in [5.74, 6) is 0.574. The first-order valence-corrected chi connectivity index (χ1v) is 7.42. The van der Waals surface area contributed by atoms with Crippen molar-refractivity contribution in [3.63, 3.8) is 0 Å². The number of likely N-dealkylation sites (N-methyl/N-ethyl adjacent to an activating group) is 1. The maximum atomic E-state index is 5.91. The molecular formula is C16H27IN4. The van der Waals surface area contributed by atoms with E-state index in [9.17, 15) is 0 Å². The average molecular weight is 402 g/mol. The maximum Gasteiger partial charge on any atom is 0.188 e. The Morgan fingerprint density at radius 3 is 2.43 bits per heavy atom. The van der Waals surface area contributed by atoms with E-state index in [0.29, 0.717) is 18.5 Å². The van der Waals surface area contributed by atoms with Crippen LogP contribution in [-0.2, 0) is 6.42 Å². The van der Waals surface area contributed by atoms with E-state index in [4.69, 9.17) is 5.73 Å². The Morgan fingerprint density at radius 1 is 1.33 bits per heavy atom. The molecular weight excluding hydrogens is 375 g/mol. The molecule has 1 atom stereocenters. The zero-order valence-electron chi connectivity index (χ0n) is 13.2. The number of aliphatic imine (C=N–C) groups is 1. The van der Waals surface area contributed by atoms with E-state index in [1.807, 2.05) is 0 Å². The van der Waals surface area contributed by atoms with Crippen LogP contribution in [0.25, 0.3) is 0 Å². The molecule has 1 aromatic carbocycles. The van der Waals surface area contributed by atoms with Crippen LogP contribution in [0.1, 0.15) is 36.9 Å². The van der Waals surface area contributed by atoms with Gasteiger partial charge in [0, 0.05) is 6.04 Å². The third-order valence-electron chi connectivity index (χ3n) is 3.76. The molecule has 0 bridgehead atoms. The first-order chi connectivity index (χ1) is 9.60. The van der Waals surface area contributed by atoms with E-state index in [0.717, 1.165) is 6.42 Å². The molecule has 0 aromatic heterocycles. The van der Waals surface area contributed by atoms with Gasteiger partial charge in [0.2, 0.25) is 0 Å². The third-order valence-corrected chi connectivity index (χ3v) is 3.76. The van der Waals surface area contributed by atoms with Crippen molar-refractivity contribution >= 4 is 29.9 Å². The quantitative estimate of drug-likeness (QED) is 0.437. The fourth-order valence-electron chi connectivity index (χ4n) is 2.21. The molecule has 1 aliphatic carbocycles. The Bertz CT molecular complexity index is 452. The van der Waals surface area contributed by atoms with Crippen molar-refractivity contribution in [3.05, 3.63) is 35.4 Å². The second-order valence-electron chi connectivity index (χ2n) is 5.72. The SMILES string of the molecule is CCc1ccc(C(CN=C(N)NC2CC2)N(C)C)cc1.I. The van der Waals surface area contributed by atoms with Crippen LogP contribution in [0.5, 0.6) is 0 Å². The Balaban J connectivity index is 0.00000220. The van der Waals surface area contributed by atoms with E-state index in [-0.39, 0.29) is 30.0 Å². The van der Waals surface area contributed by atoms with Gasteiger partial charge in [-0.1, -0.05) is 31.2 Å². The number of halogens is 1. The van der Waals surface area contributed by atoms with Crippen LogP contribution in [0.3, 0.4) is 0 Å². The van der Waals surface area contributed by atoms with E-state index >= 15 is 0 Å². The van der Waals surface area contributed by atoms with Gasteiger partial charge in [-0.3, -0.25) is 4.99 Å². The molecule has 1 aromatic rings. The number of nitrogens with one attached hydrogen (secondary N) is 1. The molecule has 2 rings (SSSR count). The molecule has 0 radical (unpaired) electrons. The van der Waals surface area contributed by atoms with Crippen molar-refractivity contribution in [2.45, 2.75) is 38.3 Å². The standard InChI is InChI=1S/C16H26N4.HI/c1-4-12-5-7-13(8-6-12)15(20(2)3)11-18-16(17)19-14-9-10-14;/h5-8,14-15H,4,9-11H2,1-3H3,(H3,17,18,19);1H. The van der Waals surface area contributed by atoms with Gasteiger partial charge in [0.05, 0.1) is 12.6 Å². The lowest BCUT2D eigenvalue weighted by Gasteiger charge is -2.23. The van der Waals surface area contributed by atoms with Gasteiger partial charge in [-0.15, -0.1) is 24.0 Å². The van der Waals surface area contributed by atoms with Crippen LogP contribution in [0.2, 0.25) is 0 Å². The van der Waals surface area contributed by atoms with Gasteiger partial charge in [0.25, 0.3) is 0 Å². The molecule has 0 spiro atoms. The highest BCUT2D eigenvalue weighted by Crippen LogP contribution is 2.20.